The number of hydrogen-bond acceptors (Lipinski definition) is 5. The van der Waals surface area contributed by atoms with Gasteiger partial charge in [-0.05, 0) is 26.2 Å². The molecule has 0 bridgehead atoms. The van der Waals surface area contributed by atoms with Crippen LogP contribution < -0.4 is 10.2 Å². The summed E-state index contributed by atoms with van der Waals surface area (Å²) < 4.78 is 0. The zero-order valence-corrected chi connectivity index (χ0v) is 12.3. The van der Waals surface area contributed by atoms with Crippen molar-refractivity contribution in [2.45, 2.75) is 0 Å². The molecule has 1 aliphatic rings. The first kappa shape index (κ1) is 14.2. The first-order valence-corrected chi connectivity index (χ1v) is 6.76. The van der Waals surface area contributed by atoms with E-state index in [0.29, 0.717) is 17.2 Å². The molecule has 1 N–H and O–H groups in total. The Morgan fingerprint density at radius 2 is 2.09 bits per heavy atom. The SMILES string of the molecule is CN(C)CC(=O)N1c2ccccc2NC(=O)c2cncnc21. The molecule has 2 amide bonds. The maximum absolute atomic E-state index is 12.7. The summed E-state index contributed by atoms with van der Waals surface area (Å²) in [7, 11) is 3.62. The van der Waals surface area contributed by atoms with Crippen LogP contribution >= 0.6 is 0 Å². The molecular weight excluding hydrogens is 282 g/mol. The second-order valence-corrected chi connectivity index (χ2v) is 5.20. The molecule has 2 heterocycles. The predicted octanol–water partition coefficient (Wildman–Crippen LogP) is 1.27. The summed E-state index contributed by atoms with van der Waals surface area (Å²) in [6.07, 6.45) is 2.75. The van der Waals surface area contributed by atoms with Crippen molar-refractivity contribution in [3.63, 3.8) is 0 Å². The number of aromatic nitrogens is 2. The number of benzene rings is 1. The van der Waals surface area contributed by atoms with Crippen LogP contribution in [0, 0.1) is 0 Å². The summed E-state index contributed by atoms with van der Waals surface area (Å²) in [5, 5.41) is 2.79. The van der Waals surface area contributed by atoms with Crippen LogP contribution in [0.15, 0.2) is 36.8 Å². The van der Waals surface area contributed by atoms with Gasteiger partial charge < -0.3 is 10.2 Å². The van der Waals surface area contributed by atoms with Gasteiger partial charge in [0.25, 0.3) is 5.91 Å². The molecule has 112 valence electrons. The van der Waals surface area contributed by atoms with Crippen molar-refractivity contribution >= 4 is 29.0 Å². The maximum atomic E-state index is 12.7. The van der Waals surface area contributed by atoms with E-state index >= 15 is 0 Å². The standard InChI is InChI=1S/C15H15N5O2/c1-19(2)8-13(21)20-12-6-4-3-5-11(12)18-15(22)10-7-16-9-17-14(10)20/h3-7,9H,8H2,1-2H3,(H,18,22). The predicted molar refractivity (Wildman–Crippen MR) is 82.1 cm³/mol. The Morgan fingerprint density at radius 3 is 2.86 bits per heavy atom. The van der Waals surface area contributed by atoms with Crippen LogP contribution in [0.3, 0.4) is 0 Å². The molecule has 3 rings (SSSR count). The van der Waals surface area contributed by atoms with Gasteiger partial charge in [0, 0.05) is 6.20 Å². The molecule has 2 aromatic rings. The van der Waals surface area contributed by atoms with E-state index in [-0.39, 0.29) is 23.9 Å². The molecule has 0 radical (unpaired) electrons. The number of nitrogens with one attached hydrogen (secondary N) is 1. The molecular formula is C15H15N5O2. The lowest BCUT2D eigenvalue weighted by Gasteiger charge is -2.24. The van der Waals surface area contributed by atoms with E-state index in [0.717, 1.165) is 0 Å². The van der Waals surface area contributed by atoms with Crippen molar-refractivity contribution in [1.82, 2.24) is 14.9 Å². The average Bonchev–Trinajstić information content (AvgIpc) is 2.61. The van der Waals surface area contributed by atoms with Crippen molar-refractivity contribution in [1.29, 1.82) is 0 Å². The van der Waals surface area contributed by atoms with Gasteiger partial charge in [0.05, 0.1) is 17.9 Å². The first-order chi connectivity index (χ1) is 10.6. The lowest BCUT2D eigenvalue weighted by molar-refractivity contribution is -0.118. The van der Waals surface area contributed by atoms with Crippen molar-refractivity contribution in [2.75, 3.05) is 30.9 Å². The van der Waals surface area contributed by atoms with E-state index < -0.39 is 0 Å². The molecule has 1 aliphatic heterocycles. The minimum Gasteiger partial charge on any atom is -0.320 e. The van der Waals surface area contributed by atoms with Crippen LogP contribution in [0.1, 0.15) is 10.4 Å². The second-order valence-electron chi connectivity index (χ2n) is 5.20. The van der Waals surface area contributed by atoms with Gasteiger partial charge in [-0.15, -0.1) is 0 Å². The average molecular weight is 297 g/mol. The Bertz CT molecular complexity index is 744. The lowest BCUT2D eigenvalue weighted by Crippen LogP contribution is -2.35. The number of para-hydroxylation sites is 2. The molecule has 0 saturated heterocycles. The number of anilines is 3. The Kier molecular flexibility index (Phi) is 3.56. The summed E-state index contributed by atoms with van der Waals surface area (Å²) in [5.41, 5.74) is 1.43. The van der Waals surface area contributed by atoms with Crippen molar-refractivity contribution < 1.29 is 9.59 Å². The normalized spacial score (nSPS) is 13.2. The van der Waals surface area contributed by atoms with Crippen molar-refractivity contribution in [2.24, 2.45) is 0 Å². The summed E-state index contributed by atoms with van der Waals surface area (Å²) in [6.45, 7) is 0.200. The fraction of sp³-hybridized carbons (Fsp3) is 0.200. The monoisotopic (exact) mass is 297 g/mol. The largest absolute Gasteiger partial charge is 0.320 e. The third-order valence-electron chi connectivity index (χ3n) is 3.24. The van der Waals surface area contributed by atoms with E-state index in [9.17, 15) is 9.59 Å². The molecule has 7 nitrogen and oxygen atoms in total. The number of fused-ring (bicyclic) bond motifs is 2. The molecule has 0 saturated carbocycles. The third kappa shape index (κ3) is 2.42. The number of amides is 2. The highest BCUT2D eigenvalue weighted by atomic mass is 16.2. The minimum absolute atomic E-state index is 0.172. The molecule has 7 heteroatoms. The Balaban J connectivity index is 2.20. The Hall–Kier alpha value is -2.80. The summed E-state index contributed by atoms with van der Waals surface area (Å²) >= 11 is 0. The van der Waals surface area contributed by atoms with Crippen molar-refractivity contribution in [3.05, 3.63) is 42.4 Å². The molecule has 0 fully saturated rings. The van der Waals surface area contributed by atoms with E-state index in [1.807, 2.05) is 20.2 Å². The van der Waals surface area contributed by atoms with E-state index in [2.05, 4.69) is 15.3 Å². The van der Waals surface area contributed by atoms with E-state index in [1.54, 1.807) is 23.1 Å². The highest BCUT2D eigenvalue weighted by molar-refractivity contribution is 6.16. The molecule has 22 heavy (non-hydrogen) atoms. The number of nitrogens with zero attached hydrogens (tertiary/aromatic N) is 4. The molecule has 0 aliphatic carbocycles. The van der Waals surface area contributed by atoms with Gasteiger partial charge in [0.1, 0.15) is 11.9 Å². The highest BCUT2D eigenvalue weighted by Crippen LogP contribution is 2.36. The fourth-order valence-corrected chi connectivity index (χ4v) is 2.33. The smallest absolute Gasteiger partial charge is 0.261 e. The zero-order valence-electron chi connectivity index (χ0n) is 12.3. The highest BCUT2D eigenvalue weighted by Gasteiger charge is 2.30. The zero-order chi connectivity index (χ0) is 15.7. The van der Waals surface area contributed by atoms with Gasteiger partial charge in [-0.2, -0.15) is 0 Å². The minimum atomic E-state index is -0.330. The van der Waals surface area contributed by atoms with Gasteiger partial charge in [-0.3, -0.25) is 14.5 Å². The topological polar surface area (TPSA) is 78.4 Å². The van der Waals surface area contributed by atoms with Gasteiger partial charge in [0.15, 0.2) is 5.82 Å². The van der Waals surface area contributed by atoms with Crippen LogP contribution in [0.5, 0.6) is 0 Å². The van der Waals surface area contributed by atoms with Crippen LogP contribution in [-0.4, -0.2) is 47.3 Å². The number of rotatable bonds is 2. The van der Waals surface area contributed by atoms with E-state index in [1.165, 1.54) is 17.4 Å². The second kappa shape index (κ2) is 5.53. The third-order valence-corrected chi connectivity index (χ3v) is 3.24. The fourth-order valence-electron chi connectivity index (χ4n) is 2.33. The van der Waals surface area contributed by atoms with Crippen LogP contribution in [0.25, 0.3) is 0 Å². The Morgan fingerprint density at radius 1 is 1.32 bits per heavy atom. The summed E-state index contributed by atoms with van der Waals surface area (Å²) in [5.74, 6) is -0.207. The lowest BCUT2D eigenvalue weighted by atomic mass is 10.2. The summed E-state index contributed by atoms with van der Waals surface area (Å²) in [6, 6.07) is 7.14. The molecule has 1 aromatic heterocycles. The van der Waals surface area contributed by atoms with Crippen LogP contribution in [0.2, 0.25) is 0 Å². The van der Waals surface area contributed by atoms with E-state index in [4.69, 9.17) is 0 Å². The van der Waals surface area contributed by atoms with Gasteiger partial charge >= 0.3 is 0 Å². The number of likely N-dealkylation sites (N-methyl/N-ethyl adjacent to an activating group) is 1. The maximum Gasteiger partial charge on any atom is 0.261 e. The molecule has 0 atom stereocenters. The number of hydrogen-bond donors (Lipinski definition) is 1. The van der Waals surface area contributed by atoms with Gasteiger partial charge in [-0.1, -0.05) is 12.1 Å². The first-order valence-electron chi connectivity index (χ1n) is 6.76. The van der Waals surface area contributed by atoms with Crippen LogP contribution in [0.4, 0.5) is 17.2 Å². The summed E-state index contributed by atoms with van der Waals surface area (Å²) in [4.78, 5) is 36.3. The molecule has 0 spiro atoms. The molecule has 0 unspecified atom stereocenters. The van der Waals surface area contributed by atoms with Crippen LogP contribution in [-0.2, 0) is 4.79 Å². The molecule has 1 aromatic carbocycles. The number of carbonyl (C=O) groups excluding carboxylic acids is 2. The van der Waals surface area contributed by atoms with Gasteiger partial charge in [-0.25, -0.2) is 9.97 Å². The van der Waals surface area contributed by atoms with Gasteiger partial charge in [0.2, 0.25) is 5.91 Å². The van der Waals surface area contributed by atoms with Crippen molar-refractivity contribution in [3.8, 4) is 0 Å². The number of carbonyl (C=O) groups is 2. The Labute approximate surface area is 127 Å². The quantitative estimate of drug-likeness (QED) is 0.903.